The minimum Gasteiger partial charge on any atom is -0.303 e. The number of unbranched alkanes of at least 4 members (excludes halogenated alkanes) is 8. The number of hydrogen-bond acceptors (Lipinski definition) is 3. The van der Waals surface area contributed by atoms with Crippen LogP contribution in [0.1, 0.15) is 143 Å². The van der Waals surface area contributed by atoms with Crippen molar-refractivity contribution in [2.75, 3.05) is 0 Å². The standard InChI is InChI=1S/C22H32O2.C14H26O/c1-14(13-23)18-6-7-19-17-5-4-15-12-16(24)8-10-21(15,2)20(17)9-11-22(18,19)3;1-2-3-4-5-6-7-8-9-10-11-12-13-14-15/h12-14,17-20H,4-11H2,1-3H3;7-8,14H,2-6,9-13H2,1H3/b;8-7-/t14-,17+,18-,19+,20+,21+,22-;/m1./s1. The zero-order chi connectivity index (χ0) is 28.3. The molecule has 3 saturated carbocycles. The Morgan fingerprint density at radius 3 is 2.21 bits per heavy atom. The van der Waals surface area contributed by atoms with E-state index >= 15 is 0 Å². The Morgan fingerprint density at radius 2 is 1.54 bits per heavy atom. The Kier molecular flexibility index (Phi) is 12.7. The Morgan fingerprint density at radius 1 is 0.846 bits per heavy atom. The average molecular weight is 539 g/mol. The van der Waals surface area contributed by atoms with Gasteiger partial charge in [0.05, 0.1) is 0 Å². The summed E-state index contributed by atoms with van der Waals surface area (Å²) in [5.41, 5.74) is 2.09. The molecule has 0 amide bonds. The summed E-state index contributed by atoms with van der Waals surface area (Å²) in [6, 6.07) is 0. The fourth-order valence-corrected chi connectivity index (χ4v) is 9.15. The molecule has 4 rings (SSSR count). The van der Waals surface area contributed by atoms with Gasteiger partial charge in [-0.3, -0.25) is 4.79 Å². The predicted octanol–water partition coefficient (Wildman–Crippen LogP) is 9.63. The van der Waals surface area contributed by atoms with Gasteiger partial charge in [0.25, 0.3) is 0 Å². The van der Waals surface area contributed by atoms with E-state index in [2.05, 4.69) is 39.8 Å². The van der Waals surface area contributed by atoms with Gasteiger partial charge in [0.15, 0.2) is 5.78 Å². The predicted molar refractivity (Wildman–Crippen MR) is 162 cm³/mol. The van der Waals surface area contributed by atoms with Crippen LogP contribution in [0.5, 0.6) is 0 Å². The van der Waals surface area contributed by atoms with Crippen LogP contribution in [0.2, 0.25) is 0 Å². The van der Waals surface area contributed by atoms with E-state index in [-0.39, 0.29) is 11.3 Å². The summed E-state index contributed by atoms with van der Waals surface area (Å²) in [6.45, 7) is 9.32. The first-order valence-corrected chi connectivity index (χ1v) is 16.6. The molecule has 0 N–H and O–H groups in total. The number of aldehydes is 2. The second-order valence-electron chi connectivity index (χ2n) is 13.8. The molecule has 0 saturated heterocycles. The summed E-state index contributed by atoms with van der Waals surface area (Å²) in [7, 11) is 0. The monoisotopic (exact) mass is 538 g/mol. The summed E-state index contributed by atoms with van der Waals surface area (Å²) in [5.74, 6) is 3.50. The van der Waals surface area contributed by atoms with Gasteiger partial charge in [0, 0.05) is 18.8 Å². The van der Waals surface area contributed by atoms with Gasteiger partial charge in [-0.1, -0.05) is 71.1 Å². The van der Waals surface area contributed by atoms with Crippen LogP contribution >= 0.6 is 0 Å². The number of hydrogen-bond donors (Lipinski definition) is 0. The molecule has 0 spiro atoms. The number of carbonyl (C=O) groups is 3. The lowest BCUT2D eigenvalue weighted by Crippen LogP contribution is -2.51. The normalized spacial score (nSPS) is 34.3. The number of carbonyl (C=O) groups excluding carboxylic acids is 3. The molecule has 4 aliphatic carbocycles. The van der Waals surface area contributed by atoms with Gasteiger partial charge >= 0.3 is 0 Å². The van der Waals surface area contributed by atoms with Crippen molar-refractivity contribution in [3.63, 3.8) is 0 Å². The third kappa shape index (κ3) is 7.82. The second-order valence-corrected chi connectivity index (χ2v) is 13.8. The molecule has 7 atom stereocenters. The van der Waals surface area contributed by atoms with Crippen LogP contribution in [0.25, 0.3) is 0 Å². The van der Waals surface area contributed by atoms with Crippen molar-refractivity contribution in [3.8, 4) is 0 Å². The maximum Gasteiger partial charge on any atom is 0.155 e. The molecule has 220 valence electrons. The molecule has 0 aromatic heterocycles. The number of rotatable bonds is 13. The van der Waals surface area contributed by atoms with Crippen LogP contribution in [-0.2, 0) is 14.4 Å². The highest BCUT2D eigenvalue weighted by Gasteiger charge is 2.59. The minimum absolute atomic E-state index is 0.207. The quantitative estimate of drug-likeness (QED) is 0.133. The van der Waals surface area contributed by atoms with Crippen molar-refractivity contribution in [1.82, 2.24) is 0 Å². The molecule has 0 aliphatic heterocycles. The van der Waals surface area contributed by atoms with Gasteiger partial charge in [-0.05, 0) is 118 Å². The molecule has 39 heavy (non-hydrogen) atoms. The van der Waals surface area contributed by atoms with Crippen molar-refractivity contribution in [2.45, 2.75) is 143 Å². The second kappa shape index (κ2) is 15.5. The molecule has 0 heterocycles. The van der Waals surface area contributed by atoms with Gasteiger partial charge < -0.3 is 9.59 Å². The van der Waals surface area contributed by atoms with Crippen molar-refractivity contribution in [3.05, 3.63) is 23.8 Å². The summed E-state index contributed by atoms with van der Waals surface area (Å²) in [6.07, 6.45) is 30.2. The first kappa shape index (κ1) is 32.0. The van der Waals surface area contributed by atoms with E-state index in [0.717, 1.165) is 56.1 Å². The first-order chi connectivity index (χ1) is 18.8. The van der Waals surface area contributed by atoms with Crippen molar-refractivity contribution in [2.24, 2.45) is 40.4 Å². The highest BCUT2D eigenvalue weighted by molar-refractivity contribution is 5.91. The largest absolute Gasteiger partial charge is 0.303 e. The van der Waals surface area contributed by atoms with Crippen molar-refractivity contribution >= 4 is 18.4 Å². The summed E-state index contributed by atoms with van der Waals surface area (Å²) < 4.78 is 0. The molecule has 0 aromatic carbocycles. The molecule has 0 bridgehead atoms. The van der Waals surface area contributed by atoms with Gasteiger partial charge in [0.1, 0.15) is 12.6 Å². The summed E-state index contributed by atoms with van der Waals surface area (Å²) in [5, 5.41) is 0. The van der Waals surface area contributed by atoms with E-state index < -0.39 is 0 Å². The lowest BCUT2D eigenvalue weighted by Gasteiger charge is -2.58. The number of fused-ring (bicyclic) bond motifs is 5. The molecular weight excluding hydrogens is 480 g/mol. The zero-order valence-corrected chi connectivity index (χ0v) is 25.7. The van der Waals surface area contributed by atoms with E-state index in [4.69, 9.17) is 0 Å². The molecule has 0 aromatic rings. The Bertz CT molecular complexity index is 855. The van der Waals surface area contributed by atoms with Crippen molar-refractivity contribution in [1.29, 1.82) is 0 Å². The van der Waals surface area contributed by atoms with Gasteiger partial charge in [-0.15, -0.1) is 0 Å². The minimum atomic E-state index is 0.207. The van der Waals surface area contributed by atoms with E-state index in [0.29, 0.717) is 17.1 Å². The van der Waals surface area contributed by atoms with Crippen LogP contribution < -0.4 is 0 Å². The maximum absolute atomic E-state index is 11.9. The molecular formula is C36H58O3. The third-order valence-electron chi connectivity index (χ3n) is 11.5. The van der Waals surface area contributed by atoms with Crippen LogP contribution in [0.3, 0.4) is 0 Å². The van der Waals surface area contributed by atoms with Crippen LogP contribution in [0.15, 0.2) is 23.8 Å². The van der Waals surface area contributed by atoms with E-state index in [1.165, 1.54) is 95.3 Å². The van der Waals surface area contributed by atoms with E-state index in [9.17, 15) is 14.4 Å². The Hall–Kier alpha value is -1.51. The topological polar surface area (TPSA) is 51.2 Å². The molecule has 3 heteroatoms. The average Bonchev–Trinajstić information content (AvgIpc) is 3.29. The number of allylic oxidation sites excluding steroid dienone is 3. The van der Waals surface area contributed by atoms with Crippen LogP contribution in [0, 0.1) is 40.4 Å². The number of ketones is 1. The fourth-order valence-electron chi connectivity index (χ4n) is 9.15. The Labute approximate surface area is 240 Å². The lowest BCUT2D eigenvalue weighted by molar-refractivity contribution is -0.118. The Balaban J connectivity index is 0.000000244. The lowest BCUT2D eigenvalue weighted by atomic mass is 9.46. The fraction of sp³-hybridized carbons (Fsp3) is 0.806. The first-order valence-electron chi connectivity index (χ1n) is 16.6. The molecule has 3 nitrogen and oxygen atoms in total. The smallest absolute Gasteiger partial charge is 0.155 e. The summed E-state index contributed by atoms with van der Waals surface area (Å²) >= 11 is 0. The molecule has 4 aliphatic rings. The van der Waals surface area contributed by atoms with Gasteiger partial charge in [-0.25, -0.2) is 0 Å². The molecule has 0 radical (unpaired) electrons. The van der Waals surface area contributed by atoms with E-state index in [1.54, 1.807) is 0 Å². The van der Waals surface area contributed by atoms with Gasteiger partial charge in [0.2, 0.25) is 0 Å². The van der Waals surface area contributed by atoms with Crippen LogP contribution in [0.4, 0.5) is 0 Å². The summed E-state index contributed by atoms with van der Waals surface area (Å²) in [4.78, 5) is 33.4. The van der Waals surface area contributed by atoms with Crippen LogP contribution in [-0.4, -0.2) is 18.4 Å². The SMILES string of the molecule is CCCCCC/C=C\CCCCCC=O.C[C@H](C=O)[C@H]1CC[C@H]2[C@@H]3CCC4=CC(=O)CC[C@]4(C)[C@H]3CC[C@]12C. The van der Waals surface area contributed by atoms with Crippen molar-refractivity contribution < 1.29 is 14.4 Å². The zero-order valence-electron chi connectivity index (χ0n) is 25.7. The third-order valence-corrected chi connectivity index (χ3v) is 11.5. The molecule has 0 unspecified atom stereocenters. The maximum atomic E-state index is 11.9. The molecule has 3 fully saturated rings. The highest BCUT2D eigenvalue weighted by atomic mass is 16.1. The van der Waals surface area contributed by atoms with Gasteiger partial charge in [-0.2, -0.15) is 0 Å². The highest BCUT2D eigenvalue weighted by Crippen LogP contribution is 2.67. The van der Waals surface area contributed by atoms with E-state index in [1.807, 2.05) is 6.08 Å².